The second-order valence-corrected chi connectivity index (χ2v) is 8.22. The Kier molecular flexibility index (Phi) is 5.05. The molecule has 0 saturated carbocycles. The van der Waals surface area contributed by atoms with Crippen LogP contribution in [0.2, 0.25) is 0 Å². The predicted molar refractivity (Wildman–Crippen MR) is 117 cm³/mol. The average Bonchev–Trinajstić information content (AvgIpc) is 3.05. The normalized spacial score (nSPS) is 15.8. The number of para-hydroxylation sites is 1. The molecule has 156 valence electrons. The maximum Gasteiger partial charge on any atom is 0.329 e. The van der Waals surface area contributed by atoms with Gasteiger partial charge in [0.15, 0.2) is 5.65 Å². The molecule has 7 heteroatoms. The summed E-state index contributed by atoms with van der Waals surface area (Å²) in [6.45, 7) is 8.32. The number of H-pyrrole nitrogens is 1. The van der Waals surface area contributed by atoms with Crippen LogP contribution in [0.25, 0.3) is 11.0 Å². The molecule has 1 atom stereocenters. The molecule has 0 radical (unpaired) electrons. The van der Waals surface area contributed by atoms with E-state index in [0.29, 0.717) is 24.2 Å². The Labute approximate surface area is 174 Å². The van der Waals surface area contributed by atoms with Gasteiger partial charge in [0.1, 0.15) is 0 Å². The highest BCUT2D eigenvalue weighted by molar-refractivity contribution is 6.14. The number of hydrogen-bond donors (Lipinski definition) is 1. The summed E-state index contributed by atoms with van der Waals surface area (Å²) in [5.41, 5.74) is 2.15. The van der Waals surface area contributed by atoms with Gasteiger partial charge in [0.2, 0.25) is 0 Å². The van der Waals surface area contributed by atoms with Gasteiger partial charge >= 0.3 is 5.69 Å². The lowest BCUT2D eigenvalue weighted by Gasteiger charge is -2.24. The van der Waals surface area contributed by atoms with E-state index in [2.05, 4.69) is 9.97 Å². The number of aromatic amines is 1. The molecule has 2 aromatic heterocycles. The zero-order valence-electron chi connectivity index (χ0n) is 17.7. The summed E-state index contributed by atoms with van der Waals surface area (Å²) in [7, 11) is 0. The van der Waals surface area contributed by atoms with E-state index in [9.17, 15) is 14.4 Å². The molecule has 0 bridgehead atoms. The van der Waals surface area contributed by atoms with Gasteiger partial charge in [0, 0.05) is 24.0 Å². The van der Waals surface area contributed by atoms with Gasteiger partial charge in [-0.2, -0.15) is 0 Å². The first-order valence-electron chi connectivity index (χ1n) is 10.4. The lowest BCUT2D eigenvalue weighted by Crippen LogP contribution is -2.38. The Bertz CT molecular complexity index is 1260. The summed E-state index contributed by atoms with van der Waals surface area (Å²) in [5.74, 6) is -0.206. The van der Waals surface area contributed by atoms with E-state index >= 15 is 0 Å². The highest BCUT2D eigenvalue weighted by Crippen LogP contribution is 2.34. The lowest BCUT2D eigenvalue weighted by atomic mass is 10.0. The molecule has 1 aliphatic heterocycles. The van der Waals surface area contributed by atoms with E-state index in [1.165, 1.54) is 4.57 Å². The molecule has 4 rings (SSSR count). The van der Waals surface area contributed by atoms with E-state index in [1.54, 1.807) is 11.0 Å². The predicted octanol–water partition coefficient (Wildman–Crippen LogP) is 3.21. The second-order valence-electron chi connectivity index (χ2n) is 8.22. The highest BCUT2D eigenvalue weighted by Gasteiger charge is 2.33. The fourth-order valence-corrected chi connectivity index (χ4v) is 4.19. The van der Waals surface area contributed by atoms with Crippen molar-refractivity contribution >= 4 is 22.6 Å². The van der Waals surface area contributed by atoms with Crippen LogP contribution in [0.5, 0.6) is 0 Å². The van der Waals surface area contributed by atoms with E-state index in [-0.39, 0.29) is 28.9 Å². The van der Waals surface area contributed by atoms with Gasteiger partial charge in [-0.15, -0.1) is 0 Å². The third-order valence-electron chi connectivity index (χ3n) is 5.66. The third-order valence-corrected chi connectivity index (χ3v) is 5.66. The van der Waals surface area contributed by atoms with Crippen molar-refractivity contribution in [3.8, 4) is 0 Å². The Balaban J connectivity index is 2.01. The van der Waals surface area contributed by atoms with Gasteiger partial charge in [-0.05, 0) is 43.4 Å². The smallest absolute Gasteiger partial charge is 0.305 e. The van der Waals surface area contributed by atoms with E-state index in [0.717, 1.165) is 17.7 Å². The maximum atomic E-state index is 13.8. The fraction of sp³-hybridized carbons (Fsp3) is 0.391. The molecule has 3 heterocycles. The number of rotatable bonds is 4. The van der Waals surface area contributed by atoms with Gasteiger partial charge < -0.3 is 4.90 Å². The molecule has 0 fully saturated rings. The van der Waals surface area contributed by atoms with Gasteiger partial charge in [0.25, 0.3) is 11.5 Å². The Morgan fingerprint density at radius 3 is 2.70 bits per heavy atom. The van der Waals surface area contributed by atoms with E-state index < -0.39 is 11.2 Å². The molecule has 1 amide bonds. The zero-order valence-corrected chi connectivity index (χ0v) is 17.7. The average molecular weight is 406 g/mol. The number of amides is 1. The highest BCUT2D eigenvalue weighted by atomic mass is 16.2. The summed E-state index contributed by atoms with van der Waals surface area (Å²) >= 11 is 0. The standard InChI is InChI=1S/C23H26N4O3/c1-5-10-26-20-19(21(28)25-23(26)30)16(12-17(24-20)13(2)3)22(29)27-14(4)11-15-8-6-7-9-18(15)27/h6-9,12-14H,5,10-11H2,1-4H3,(H,25,28,30)/t14-/m1/s1. The molecule has 1 aromatic carbocycles. The first-order valence-corrected chi connectivity index (χ1v) is 10.4. The quantitative estimate of drug-likeness (QED) is 0.721. The van der Waals surface area contributed by atoms with Crippen molar-refractivity contribution in [1.29, 1.82) is 0 Å². The SMILES string of the molecule is CCCn1c(=O)[nH]c(=O)c2c(C(=O)N3c4ccccc4C[C@H]3C)cc(C(C)C)nc21. The topological polar surface area (TPSA) is 88.1 Å². The maximum absolute atomic E-state index is 13.8. The van der Waals surface area contributed by atoms with Crippen LogP contribution in [-0.2, 0) is 13.0 Å². The third kappa shape index (κ3) is 3.14. The number of pyridine rings is 1. The summed E-state index contributed by atoms with van der Waals surface area (Å²) in [5, 5.41) is 0.175. The number of carbonyl (C=O) groups is 1. The number of fused-ring (bicyclic) bond motifs is 2. The summed E-state index contributed by atoms with van der Waals surface area (Å²) in [6, 6.07) is 9.51. The lowest BCUT2D eigenvalue weighted by molar-refractivity contribution is 0.0982. The number of hydrogen-bond acceptors (Lipinski definition) is 4. The molecule has 0 saturated heterocycles. The van der Waals surface area contributed by atoms with Crippen molar-refractivity contribution in [3.63, 3.8) is 0 Å². The summed E-state index contributed by atoms with van der Waals surface area (Å²) < 4.78 is 1.46. The molecular formula is C23H26N4O3. The van der Waals surface area contributed by atoms with Gasteiger partial charge in [-0.25, -0.2) is 9.78 Å². The number of benzene rings is 1. The zero-order chi connectivity index (χ0) is 21.6. The van der Waals surface area contributed by atoms with Crippen molar-refractivity contribution in [1.82, 2.24) is 14.5 Å². The summed E-state index contributed by atoms with van der Waals surface area (Å²) in [6.07, 6.45) is 1.47. The van der Waals surface area contributed by atoms with E-state index in [1.807, 2.05) is 52.0 Å². The Morgan fingerprint density at radius 1 is 1.27 bits per heavy atom. The van der Waals surface area contributed by atoms with Crippen LogP contribution in [0.4, 0.5) is 5.69 Å². The summed E-state index contributed by atoms with van der Waals surface area (Å²) in [4.78, 5) is 47.8. The molecule has 1 aliphatic rings. The van der Waals surface area contributed by atoms with Crippen LogP contribution >= 0.6 is 0 Å². The number of nitrogens with zero attached hydrogens (tertiary/aromatic N) is 3. The van der Waals surface area contributed by atoms with Crippen LogP contribution in [0.3, 0.4) is 0 Å². The number of carbonyl (C=O) groups excluding carboxylic acids is 1. The van der Waals surface area contributed by atoms with Crippen LogP contribution in [0, 0.1) is 0 Å². The van der Waals surface area contributed by atoms with Gasteiger partial charge in [-0.1, -0.05) is 39.0 Å². The van der Waals surface area contributed by atoms with Crippen LogP contribution in [0.1, 0.15) is 61.6 Å². The van der Waals surface area contributed by atoms with Gasteiger partial charge in [0.05, 0.1) is 10.9 Å². The number of aryl methyl sites for hydroxylation is 1. The molecule has 7 nitrogen and oxygen atoms in total. The van der Waals surface area contributed by atoms with Crippen molar-refractivity contribution in [2.75, 3.05) is 4.90 Å². The minimum absolute atomic E-state index is 0.0266. The first-order chi connectivity index (χ1) is 14.3. The minimum Gasteiger partial charge on any atom is -0.305 e. The largest absolute Gasteiger partial charge is 0.329 e. The first kappa shape index (κ1) is 20.1. The number of nitrogens with one attached hydrogen (secondary N) is 1. The molecule has 0 spiro atoms. The second kappa shape index (κ2) is 7.55. The van der Waals surface area contributed by atoms with Crippen LogP contribution in [0.15, 0.2) is 39.9 Å². The van der Waals surface area contributed by atoms with Crippen molar-refractivity contribution in [2.45, 2.75) is 59.0 Å². The molecule has 0 unspecified atom stereocenters. The fourth-order valence-electron chi connectivity index (χ4n) is 4.19. The monoisotopic (exact) mass is 406 g/mol. The van der Waals surface area contributed by atoms with Crippen molar-refractivity contribution in [2.24, 2.45) is 0 Å². The minimum atomic E-state index is -0.575. The number of anilines is 1. The Morgan fingerprint density at radius 2 is 2.00 bits per heavy atom. The Hall–Kier alpha value is -3.22. The van der Waals surface area contributed by atoms with Crippen LogP contribution < -0.4 is 16.1 Å². The molecule has 3 aromatic rings. The van der Waals surface area contributed by atoms with Crippen LogP contribution in [-0.4, -0.2) is 26.5 Å². The van der Waals surface area contributed by atoms with Gasteiger partial charge in [-0.3, -0.25) is 19.1 Å². The van der Waals surface area contributed by atoms with Crippen molar-refractivity contribution < 1.29 is 4.79 Å². The van der Waals surface area contributed by atoms with Crippen molar-refractivity contribution in [3.05, 3.63) is 68.0 Å². The molecule has 30 heavy (non-hydrogen) atoms. The molecule has 1 N–H and O–H groups in total. The number of aromatic nitrogens is 3. The molecule has 0 aliphatic carbocycles. The van der Waals surface area contributed by atoms with E-state index in [4.69, 9.17) is 0 Å². The molecular weight excluding hydrogens is 380 g/mol.